The van der Waals surface area contributed by atoms with Crippen LogP contribution in [0.5, 0.6) is 0 Å². The van der Waals surface area contributed by atoms with Crippen LogP contribution >= 0.6 is 0 Å². The Morgan fingerprint density at radius 3 is 2.22 bits per heavy atom. The number of carbonyl (C=O) groups is 2. The summed E-state index contributed by atoms with van der Waals surface area (Å²) in [6, 6.07) is 0. The Morgan fingerprint density at radius 1 is 1.22 bits per heavy atom. The SMILES string of the molecule is CC(C)(C)OC(=O)C12C=CC(NC=O)(CC1)CC2. The van der Waals surface area contributed by atoms with Crippen LogP contribution in [0.25, 0.3) is 0 Å². The van der Waals surface area contributed by atoms with E-state index in [1.54, 1.807) is 0 Å². The van der Waals surface area contributed by atoms with Crippen molar-refractivity contribution in [2.45, 2.75) is 57.6 Å². The van der Waals surface area contributed by atoms with Crippen molar-refractivity contribution >= 4 is 12.4 Å². The van der Waals surface area contributed by atoms with Crippen LogP contribution in [0.2, 0.25) is 0 Å². The topological polar surface area (TPSA) is 55.4 Å². The molecule has 0 spiro atoms. The van der Waals surface area contributed by atoms with Gasteiger partial charge in [0.1, 0.15) is 5.60 Å². The number of amides is 1. The molecule has 1 saturated carbocycles. The van der Waals surface area contributed by atoms with E-state index in [0.717, 1.165) is 32.1 Å². The third-order valence-electron chi connectivity index (χ3n) is 3.91. The van der Waals surface area contributed by atoms with E-state index in [-0.39, 0.29) is 11.5 Å². The molecule has 3 rings (SSSR count). The largest absolute Gasteiger partial charge is 0.459 e. The van der Waals surface area contributed by atoms with Gasteiger partial charge < -0.3 is 10.1 Å². The molecule has 18 heavy (non-hydrogen) atoms. The summed E-state index contributed by atoms with van der Waals surface area (Å²) in [5, 5.41) is 2.87. The predicted molar refractivity (Wildman–Crippen MR) is 67.8 cm³/mol. The molecule has 3 aliphatic rings. The van der Waals surface area contributed by atoms with Crippen molar-refractivity contribution in [1.82, 2.24) is 5.32 Å². The standard InChI is InChI=1S/C14H21NO3/c1-12(2,3)18-11(17)13-4-7-14(8-5-13,9-6-13)15-10-16/h4,7,10H,5-6,8-9H2,1-3H3,(H,15,16). The van der Waals surface area contributed by atoms with Gasteiger partial charge in [-0.1, -0.05) is 12.2 Å². The van der Waals surface area contributed by atoms with E-state index >= 15 is 0 Å². The summed E-state index contributed by atoms with van der Waals surface area (Å²) in [6.07, 6.45) is 7.76. The van der Waals surface area contributed by atoms with Gasteiger partial charge in [0, 0.05) is 0 Å². The normalized spacial score (nSPS) is 34.2. The molecule has 0 aromatic rings. The van der Waals surface area contributed by atoms with Crippen LogP contribution in [0.15, 0.2) is 12.2 Å². The predicted octanol–water partition coefficient (Wildman–Crippen LogP) is 1.94. The molecule has 100 valence electrons. The van der Waals surface area contributed by atoms with Crippen LogP contribution in [0, 0.1) is 5.41 Å². The van der Waals surface area contributed by atoms with Crippen molar-refractivity contribution in [3.05, 3.63) is 12.2 Å². The van der Waals surface area contributed by atoms with E-state index < -0.39 is 11.0 Å². The maximum absolute atomic E-state index is 12.3. The van der Waals surface area contributed by atoms with E-state index in [1.807, 2.05) is 32.9 Å². The number of esters is 1. The van der Waals surface area contributed by atoms with Crippen LogP contribution in [-0.2, 0) is 14.3 Å². The highest BCUT2D eigenvalue weighted by Crippen LogP contribution is 2.48. The first-order chi connectivity index (χ1) is 8.31. The third kappa shape index (κ3) is 2.28. The van der Waals surface area contributed by atoms with E-state index in [2.05, 4.69) is 5.32 Å². The average Bonchev–Trinajstić information content (AvgIpc) is 2.29. The number of hydrogen-bond acceptors (Lipinski definition) is 3. The molecule has 1 amide bonds. The summed E-state index contributed by atoms with van der Waals surface area (Å²) in [4.78, 5) is 22.9. The Balaban J connectivity index is 2.15. The fraction of sp³-hybridized carbons (Fsp3) is 0.714. The summed E-state index contributed by atoms with van der Waals surface area (Å²) in [7, 11) is 0. The first-order valence-electron chi connectivity index (χ1n) is 6.46. The van der Waals surface area contributed by atoms with Gasteiger partial charge >= 0.3 is 5.97 Å². The highest BCUT2D eigenvalue weighted by Gasteiger charge is 2.50. The second-order valence-electron chi connectivity index (χ2n) is 6.41. The molecule has 4 nitrogen and oxygen atoms in total. The fourth-order valence-electron chi connectivity index (χ4n) is 2.76. The minimum Gasteiger partial charge on any atom is -0.459 e. The molecule has 4 heteroatoms. The van der Waals surface area contributed by atoms with Crippen molar-refractivity contribution in [3.8, 4) is 0 Å². The maximum Gasteiger partial charge on any atom is 0.316 e. The van der Waals surface area contributed by atoms with Crippen LogP contribution in [0.4, 0.5) is 0 Å². The van der Waals surface area contributed by atoms with Gasteiger partial charge in [-0.15, -0.1) is 0 Å². The van der Waals surface area contributed by atoms with Gasteiger partial charge in [0.05, 0.1) is 11.0 Å². The Labute approximate surface area is 108 Å². The molecule has 0 aliphatic heterocycles. The van der Waals surface area contributed by atoms with Gasteiger partial charge in [0.2, 0.25) is 6.41 Å². The zero-order valence-electron chi connectivity index (χ0n) is 11.3. The van der Waals surface area contributed by atoms with E-state index in [4.69, 9.17) is 4.74 Å². The van der Waals surface area contributed by atoms with Crippen LogP contribution in [0.3, 0.4) is 0 Å². The lowest BCUT2D eigenvalue weighted by atomic mass is 9.62. The van der Waals surface area contributed by atoms with E-state index in [9.17, 15) is 9.59 Å². The summed E-state index contributed by atoms with van der Waals surface area (Å²) in [5.74, 6) is -0.134. The number of ether oxygens (including phenoxy) is 1. The van der Waals surface area contributed by atoms with Crippen molar-refractivity contribution in [3.63, 3.8) is 0 Å². The maximum atomic E-state index is 12.3. The summed E-state index contributed by atoms with van der Waals surface area (Å²) in [5.41, 5.74) is -1.15. The Hall–Kier alpha value is -1.32. The second-order valence-corrected chi connectivity index (χ2v) is 6.41. The lowest BCUT2D eigenvalue weighted by molar-refractivity contribution is -0.167. The van der Waals surface area contributed by atoms with Crippen molar-refractivity contribution in [2.24, 2.45) is 5.41 Å². The van der Waals surface area contributed by atoms with Crippen molar-refractivity contribution in [2.75, 3.05) is 0 Å². The van der Waals surface area contributed by atoms with Gasteiger partial charge in [0.25, 0.3) is 0 Å². The van der Waals surface area contributed by atoms with Gasteiger partial charge in [0.15, 0.2) is 0 Å². The highest BCUT2D eigenvalue weighted by molar-refractivity contribution is 5.80. The molecular formula is C14H21NO3. The first-order valence-corrected chi connectivity index (χ1v) is 6.46. The molecule has 1 N–H and O–H groups in total. The molecule has 2 bridgehead atoms. The number of carbonyl (C=O) groups excluding carboxylic acids is 2. The van der Waals surface area contributed by atoms with Gasteiger partial charge in [-0.25, -0.2) is 0 Å². The molecule has 0 aromatic carbocycles. The Bertz CT molecular complexity index is 384. The van der Waals surface area contributed by atoms with Crippen LogP contribution < -0.4 is 5.32 Å². The number of fused-ring (bicyclic) bond motifs is 2. The molecule has 0 radical (unpaired) electrons. The number of nitrogens with one attached hydrogen (secondary N) is 1. The fourth-order valence-corrected chi connectivity index (χ4v) is 2.76. The monoisotopic (exact) mass is 251 g/mol. The molecule has 0 unspecified atom stereocenters. The molecule has 0 saturated heterocycles. The summed E-state index contributed by atoms with van der Waals surface area (Å²) >= 11 is 0. The quantitative estimate of drug-likeness (QED) is 0.474. The zero-order valence-corrected chi connectivity index (χ0v) is 11.3. The molecule has 1 fully saturated rings. The van der Waals surface area contributed by atoms with Gasteiger partial charge in [-0.3, -0.25) is 9.59 Å². The summed E-state index contributed by atoms with van der Waals surface area (Å²) in [6.45, 7) is 5.65. The third-order valence-corrected chi connectivity index (χ3v) is 3.91. The van der Waals surface area contributed by atoms with E-state index in [0.29, 0.717) is 0 Å². The molecule has 3 aliphatic carbocycles. The molecule has 0 aromatic heterocycles. The smallest absolute Gasteiger partial charge is 0.316 e. The van der Waals surface area contributed by atoms with Gasteiger partial charge in [-0.05, 0) is 46.5 Å². The van der Waals surface area contributed by atoms with Crippen LogP contribution in [-0.4, -0.2) is 23.5 Å². The van der Waals surface area contributed by atoms with Crippen molar-refractivity contribution in [1.29, 1.82) is 0 Å². The lowest BCUT2D eigenvalue weighted by Crippen LogP contribution is -2.53. The molecular weight excluding hydrogens is 230 g/mol. The number of rotatable bonds is 3. The van der Waals surface area contributed by atoms with Crippen molar-refractivity contribution < 1.29 is 14.3 Å². The Kier molecular flexibility index (Phi) is 2.99. The molecule has 0 heterocycles. The second kappa shape index (κ2) is 4.11. The lowest BCUT2D eigenvalue weighted by Gasteiger charge is -2.47. The van der Waals surface area contributed by atoms with E-state index in [1.165, 1.54) is 0 Å². The minimum absolute atomic E-state index is 0.134. The molecule has 0 atom stereocenters. The average molecular weight is 251 g/mol. The first kappa shape index (κ1) is 13.1. The van der Waals surface area contributed by atoms with Crippen LogP contribution in [0.1, 0.15) is 46.5 Å². The summed E-state index contributed by atoms with van der Waals surface area (Å²) < 4.78 is 5.51. The Morgan fingerprint density at radius 2 is 1.83 bits per heavy atom. The minimum atomic E-state index is -0.473. The highest BCUT2D eigenvalue weighted by atomic mass is 16.6. The zero-order chi connectivity index (χ0) is 13.4. The van der Waals surface area contributed by atoms with Gasteiger partial charge in [-0.2, -0.15) is 0 Å². The number of hydrogen-bond donors (Lipinski definition) is 1.